The molecule has 0 aliphatic carbocycles. The standard InChI is InChI=1S/C9H12N2O2/c1-2-13-6-3-4-7(9(11)12)8(10)5-6/h3-5H,2,10H2,1H3,(H2,11,12). The number of carbonyl (C=O) groups is 1. The first-order valence-corrected chi connectivity index (χ1v) is 3.97. The summed E-state index contributed by atoms with van der Waals surface area (Å²) >= 11 is 0. The van der Waals surface area contributed by atoms with Crippen LogP contribution in [0.2, 0.25) is 0 Å². The van der Waals surface area contributed by atoms with Crippen LogP contribution in [0.5, 0.6) is 5.75 Å². The fraction of sp³-hybridized carbons (Fsp3) is 0.222. The first kappa shape index (κ1) is 9.38. The van der Waals surface area contributed by atoms with Crippen LogP contribution in [0.25, 0.3) is 0 Å². The van der Waals surface area contributed by atoms with Gasteiger partial charge in [-0.2, -0.15) is 0 Å². The highest BCUT2D eigenvalue weighted by molar-refractivity contribution is 5.98. The molecular weight excluding hydrogens is 168 g/mol. The fourth-order valence-corrected chi connectivity index (χ4v) is 1.02. The summed E-state index contributed by atoms with van der Waals surface area (Å²) in [7, 11) is 0. The Morgan fingerprint density at radius 1 is 1.54 bits per heavy atom. The third-order valence-electron chi connectivity index (χ3n) is 1.60. The molecule has 0 saturated carbocycles. The normalized spacial score (nSPS) is 9.62. The minimum Gasteiger partial charge on any atom is -0.494 e. The van der Waals surface area contributed by atoms with E-state index in [-0.39, 0.29) is 0 Å². The molecule has 4 heteroatoms. The van der Waals surface area contributed by atoms with Gasteiger partial charge in [-0.05, 0) is 19.1 Å². The number of hydrogen-bond donors (Lipinski definition) is 2. The predicted octanol–water partition coefficient (Wildman–Crippen LogP) is 0.766. The Morgan fingerprint density at radius 2 is 2.23 bits per heavy atom. The number of benzene rings is 1. The van der Waals surface area contributed by atoms with E-state index in [0.717, 1.165) is 0 Å². The molecule has 0 atom stereocenters. The maximum Gasteiger partial charge on any atom is 0.250 e. The molecule has 0 saturated heterocycles. The fourth-order valence-electron chi connectivity index (χ4n) is 1.02. The van der Waals surface area contributed by atoms with Crippen molar-refractivity contribution in [3.8, 4) is 5.75 Å². The van der Waals surface area contributed by atoms with Crippen molar-refractivity contribution < 1.29 is 9.53 Å². The Labute approximate surface area is 76.5 Å². The van der Waals surface area contributed by atoms with Gasteiger partial charge in [-0.3, -0.25) is 4.79 Å². The zero-order valence-corrected chi connectivity index (χ0v) is 7.41. The van der Waals surface area contributed by atoms with Gasteiger partial charge in [-0.1, -0.05) is 0 Å². The van der Waals surface area contributed by atoms with Gasteiger partial charge in [0.05, 0.1) is 12.2 Å². The predicted molar refractivity (Wildman–Crippen MR) is 50.5 cm³/mol. The van der Waals surface area contributed by atoms with Gasteiger partial charge in [0.15, 0.2) is 0 Å². The number of nitrogen functional groups attached to an aromatic ring is 1. The molecule has 1 amide bonds. The number of ether oxygens (including phenoxy) is 1. The molecule has 13 heavy (non-hydrogen) atoms. The number of amides is 1. The smallest absolute Gasteiger partial charge is 0.250 e. The van der Waals surface area contributed by atoms with Crippen LogP contribution < -0.4 is 16.2 Å². The summed E-state index contributed by atoms with van der Waals surface area (Å²) in [5.41, 5.74) is 11.3. The third kappa shape index (κ3) is 2.11. The quantitative estimate of drug-likeness (QED) is 0.674. The molecule has 0 unspecified atom stereocenters. The van der Waals surface area contributed by atoms with Crippen molar-refractivity contribution in [2.45, 2.75) is 6.92 Å². The molecule has 1 aromatic carbocycles. The van der Waals surface area contributed by atoms with Gasteiger partial charge in [-0.15, -0.1) is 0 Å². The largest absolute Gasteiger partial charge is 0.494 e. The van der Waals surface area contributed by atoms with Crippen LogP contribution in [-0.2, 0) is 0 Å². The van der Waals surface area contributed by atoms with Gasteiger partial charge in [0.1, 0.15) is 5.75 Å². The minimum atomic E-state index is -0.527. The van der Waals surface area contributed by atoms with Gasteiger partial charge in [0, 0.05) is 11.8 Å². The molecule has 0 aliphatic heterocycles. The highest BCUT2D eigenvalue weighted by Crippen LogP contribution is 2.19. The van der Waals surface area contributed by atoms with E-state index in [4.69, 9.17) is 16.2 Å². The van der Waals surface area contributed by atoms with Crippen molar-refractivity contribution in [2.75, 3.05) is 12.3 Å². The van der Waals surface area contributed by atoms with Crippen LogP contribution in [-0.4, -0.2) is 12.5 Å². The van der Waals surface area contributed by atoms with Crippen molar-refractivity contribution in [1.82, 2.24) is 0 Å². The number of nitrogens with two attached hydrogens (primary N) is 2. The van der Waals surface area contributed by atoms with Crippen molar-refractivity contribution in [2.24, 2.45) is 5.73 Å². The molecule has 0 aromatic heterocycles. The maximum absolute atomic E-state index is 10.8. The maximum atomic E-state index is 10.8. The highest BCUT2D eigenvalue weighted by atomic mass is 16.5. The molecule has 1 aromatic rings. The molecule has 70 valence electrons. The van der Waals surface area contributed by atoms with E-state index in [1.807, 2.05) is 6.92 Å². The Kier molecular flexibility index (Phi) is 2.74. The summed E-state index contributed by atoms with van der Waals surface area (Å²) in [6.45, 7) is 2.44. The van der Waals surface area contributed by atoms with Crippen LogP contribution >= 0.6 is 0 Å². The van der Waals surface area contributed by atoms with E-state index in [2.05, 4.69) is 0 Å². The summed E-state index contributed by atoms with van der Waals surface area (Å²) in [5, 5.41) is 0. The molecule has 0 fully saturated rings. The van der Waals surface area contributed by atoms with E-state index in [1.54, 1.807) is 18.2 Å². The van der Waals surface area contributed by atoms with Crippen molar-refractivity contribution in [3.63, 3.8) is 0 Å². The van der Waals surface area contributed by atoms with Gasteiger partial charge in [0.25, 0.3) is 5.91 Å². The lowest BCUT2D eigenvalue weighted by Crippen LogP contribution is -2.13. The lowest BCUT2D eigenvalue weighted by molar-refractivity contribution is 0.100. The molecule has 4 nitrogen and oxygen atoms in total. The lowest BCUT2D eigenvalue weighted by atomic mass is 10.1. The molecule has 4 N–H and O–H groups in total. The van der Waals surface area contributed by atoms with E-state index in [9.17, 15) is 4.79 Å². The molecule has 0 radical (unpaired) electrons. The van der Waals surface area contributed by atoms with E-state index < -0.39 is 5.91 Å². The second-order valence-electron chi connectivity index (χ2n) is 2.55. The molecule has 0 bridgehead atoms. The summed E-state index contributed by atoms with van der Waals surface area (Å²) in [6, 6.07) is 4.81. The van der Waals surface area contributed by atoms with Crippen LogP contribution in [0.15, 0.2) is 18.2 Å². The summed E-state index contributed by atoms with van der Waals surface area (Å²) < 4.78 is 5.19. The Balaban J connectivity index is 2.98. The molecule has 0 heterocycles. The molecule has 1 rings (SSSR count). The zero-order chi connectivity index (χ0) is 9.84. The van der Waals surface area contributed by atoms with Crippen molar-refractivity contribution in [1.29, 1.82) is 0 Å². The SMILES string of the molecule is CCOc1ccc(C(N)=O)c(N)c1. The second-order valence-corrected chi connectivity index (χ2v) is 2.55. The van der Waals surface area contributed by atoms with E-state index in [1.165, 1.54) is 0 Å². The van der Waals surface area contributed by atoms with E-state index >= 15 is 0 Å². The lowest BCUT2D eigenvalue weighted by Gasteiger charge is -2.05. The Morgan fingerprint density at radius 3 is 2.69 bits per heavy atom. The van der Waals surface area contributed by atoms with Crippen LogP contribution in [0, 0.1) is 0 Å². The van der Waals surface area contributed by atoms with Crippen molar-refractivity contribution in [3.05, 3.63) is 23.8 Å². The molecule has 0 aliphatic rings. The Bertz CT molecular complexity index is 323. The van der Waals surface area contributed by atoms with Gasteiger partial charge in [-0.25, -0.2) is 0 Å². The van der Waals surface area contributed by atoms with Crippen molar-refractivity contribution >= 4 is 11.6 Å². The average Bonchev–Trinajstić information content (AvgIpc) is 2.04. The van der Waals surface area contributed by atoms with Crippen LogP contribution in [0.4, 0.5) is 5.69 Å². The second kappa shape index (κ2) is 3.80. The van der Waals surface area contributed by atoms with Gasteiger partial charge in [0.2, 0.25) is 0 Å². The topological polar surface area (TPSA) is 78.3 Å². The molecule has 0 spiro atoms. The summed E-state index contributed by atoms with van der Waals surface area (Å²) in [5.74, 6) is 0.116. The zero-order valence-electron chi connectivity index (χ0n) is 7.41. The summed E-state index contributed by atoms with van der Waals surface area (Å²) in [4.78, 5) is 10.8. The number of primary amides is 1. The Hall–Kier alpha value is -1.71. The van der Waals surface area contributed by atoms with Gasteiger partial charge >= 0.3 is 0 Å². The average molecular weight is 180 g/mol. The van der Waals surface area contributed by atoms with Crippen LogP contribution in [0.1, 0.15) is 17.3 Å². The summed E-state index contributed by atoms with van der Waals surface area (Å²) in [6.07, 6.45) is 0. The number of hydrogen-bond acceptors (Lipinski definition) is 3. The number of rotatable bonds is 3. The molecular formula is C9H12N2O2. The third-order valence-corrected chi connectivity index (χ3v) is 1.60. The first-order chi connectivity index (χ1) is 6.15. The van der Waals surface area contributed by atoms with Gasteiger partial charge < -0.3 is 16.2 Å². The highest BCUT2D eigenvalue weighted by Gasteiger charge is 2.05. The number of carbonyl (C=O) groups excluding carboxylic acids is 1. The number of anilines is 1. The first-order valence-electron chi connectivity index (χ1n) is 3.97. The van der Waals surface area contributed by atoms with Crippen LogP contribution in [0.3, 0.4) is 0 Å². The van der Waals surface area contributed by atoms with E-state index in [0.29, 0.717) is 23.6 Å². The minimum absolute atomic E-state index is 0.323. The monoisotopic (exact) mass is 180 g/mol.